The Morgan fingerprint density at radius 3 is 0.800 bits per heavy atom. The molecule has 0 aromatic carbocycles. The number of carbonyl (C=O) groups is 3. The summed E-state index contributed by atoms with van der Waals surface area (Å²) >= 11 is 0. The maximum atomic E-state index is 12.8. The molecule has 0 rings (SSSR count). The minimum Gasteiger partial charge on any atom is -0.462 e. The van der Waals surface area contributed by atoms with E-state index in [2.05, 4.69) is 57.2 Å². The largest absolute Gasteiger partial charge is 0.462 e. The van der Waals surface area contributed by atoms with Crippen LogP contribution in [0.2, 0.25) is 0 Å². The standard InChI is InChI=1S/C64H118O6/c1-4-7-10-13-16-19-21-22-23-24-25-26-27-28-29-30-31-32-33-34-35-36-37-38-39-40-41-42-43-46-48-51-54-57-63(66)69-60-61(59-68-62(65)56-53-50-47-44-18-15-12-9-6-3)70-64(67)58-55-52-49-45-20-17-14-11-8-5-2/h21-22,24-25,27-28,61H,4-20,23,26,29-60H2,1-3H3/b22-21-,25-24-,28-27-. The van der Waals surface area contributed by atoms with Crippen LogP contribution in [0.25, 0.3) is 0 Å². The highest BCUT2D eigenvalue weighted by Crippen LogP contribution is 2.17. The highest BCUT2D eigenvalue weighted by Gasteiger charge is 2.19. The van der Waals surface area contributed by atoms with Gasteiger partial charge in [-0.15, -0.1) is 0 Å². The average molecular weight is 984 g/mol. The third kappa shape index (κ3) is 56.5. The lowest BCUT2D eigenvalue weighted by atomic mass is 10.0. The molecule has 410 valence electrons. The Balaban J connectivity index is 3.94. The highest BCUT2D eigenvalue weighted by molar-refractivity contribution is 5.71. The fraction of sp³-hybridized carbons (Fsp3) is 0.859. The van der Waals surface area contributed by atoms with Crippen molar-refractivity contribution in [2.75, 3.05) is 13.2 Å². The van der Waals surface area contributed by atoms with Crippen molar-refractivity contribution in [2.24, 2.45) is 0 Å². The van der Waals surface area contributed by atoms with Crippen LogP contribution < -0.4 is 0 Å². The van der Waals surface area contributed by atoms with Crippen molar-refractivity contribution in [3.8, 4) is 0 Å². The molecule has 70 heavy (non-hydrogen) atoms. The fourth-order valence-electron chi connectivity index (χ4n) is 9.22. The van der Waals surface area contributed by atoms with Gasteiger partial charge in [-0.05, 0) is 57.8 Å². The molecular weight excluding hydrogens is 865 g/mol. The normalized spacial score (nSPS) is 12.2. The monoisotopic (exact) mass is 983 g/mol. The van der Waals surface area contributed by atoms with E-state index in [4.69, 9.17) is 14.2 Å². The third-order valence-electron chi connectivity index (χ3n) is 13.9. The zero-order chi connectivity index (χ0) is 50.7. The molecule has 0 aromatic rings. The van der Waals surface area contributed by atoms with Gasteiger partial charge in [0.05, 0.1) is 0 Å². The lowest BCUT2D eigenvalue weighted by molar-refractivity contribution is -0.167. The van der Waals surface area contributed by atoms with Crippen molar-refractivity contribution in [1.29, 1.82) is 0 Å². The van der Waals surface area contributed by atoms with Crippen molar-refractivity contribution in [2.45, 2.75) is 341 Å². The van der Waals surface area contributed by atoms with Crippen LogP contribution in [-0.2, 0) is 28.6 Å². The Morgan fingerprint density at radius 2 is 0.514 bits per heavy atom. The third-order valence-corrected chi connectivity index (χ3v) is 13.9. The number of unbranched alkanes of at least 4 members (excludes halogenated alkanes) is 40. The van der Waals surface area contributed by atoms with Crippen LogP contribution in [0, 0.1) is 0 Å². The van der Waals surface area contributed by atoms with Gasteiger partial charge in [-0.25, -0.2) is 0 Å². The molecule has 0 spiro atoms. The summed E-state index contributed by atoms with van der Waals surface area (Å²) in [7, 11) is 0. The lowest BCUT2D eigenvalue weighted by Crippen LogP contribution is -2.30. The summed E-state index contributed by atoms with van der Waals surface area (Å²) in [5.41, 5.74) is 0. The van der Waals surface area contributed by atoms with Crippen molar-refractivity contribution in [3.05, 3.63) is 36.5 Å². The van der Waals surface area contributed by atoms with Crippen LogP contribution in [0.4, 0.5) is 0 Å². The van der Waals surface area contributed by atoms with Crippen LogP contribution in [0.15, 0.2) is 36.5 Å². The minimum absolute atomic E-state index is 0.0660. The summed E-state index contributed by atoms with van der Waals surface area (Å²) < 4.78 is 16.8. The molecule has 0 N–H and O–H groups in total. The van der Waals surface area contributed by atoms with Gasteiger partial charge in [-0.2, -0.15) is 0 Å². The smallest absolute Gasteiger partial charge is 0.306 e. The first kappa shape index (κ1) is 67.6. The van der Waals surface area contributed by atoms with E-state index in [1.807, 2.05) is 0 Å². The van der Waals surface area contributed by atoms with Gasteiger partial charge >= 0.3 is 17.9 Å². The number of esters is 3. The second kappa shape index (κ2) is 59.2. The van der Waals surface area contributed by atoms with Crippen LogP contribution in [0.1, 0.15) is 335 Å². The summed E-state index contributed by atoms with van der Waals surface area (Å²) in [6.07, 6.45) is 71.8. The number of hydrogen-bond acceptors (Lipinski definition) is 6. The van der Waals surface area contributed by atoms with Gasteiger partial charge in [0.1, 0.15) is 13.2 Å². The molecular formula is C64H118O6. The van der Waals surface area contributed by atoms with Crippen molar-refractivity contribution >= 4 is 17.9 Å². The zero-order valence-electron chi connectivity index (χ0n) is 47.1. The number of rotatable bonds is 57. The molecule has 0 aliphatic carbocycles. The second-order valence-corrected chi connectivity index (χ2v) is 21.0. The van der Waals surface area contributed by atoms with Gasteiger partial charge in [0, 0.05) is 19.3 Å². The van der Waals surface area contributed by atoms with E-state index in [0.29, 0.717) is 19.3 Å². The second-order valence-electron chi connectivity index (χ2n) is 21.0. The van der Waals surface area contributed by atoms with E-state index < -0.39 is 6.10 Å². The van der Waals surface area contributed by atoms with E-state index in [9.17, 15) is 14.4 Å². The van der Waals surface area contributed by atoms with Crippen LogP contribution in [-0.4, -0.2) is 37.2 Å². The summed E-state index contributed by atoms with van der Waals surface area (Å²) in [5, 5.41) is 0. The molecule has 6 heteroatoms. The summed E-state index contributed by atoms with van der Waals surface area (Å²) in [5.74, 6) is -0.853. The van der Waals surface area contributed by atoms with E-state index in [1.165, 1.54) is 225 Å². The Kier molecular flexibility index (Phi) is 57.2. The minimum atomic E-state index is -0.763. The molecule has 0 heterocycles. The summed E-state index contributed by atoms with van der Waals surface area (Å²) in [6, 6.07) is 0. The molecule has 1 atom stereocenters. The topological polar surface area (TPSA) is 78.9 Å². The Labute approximate surface area is 435 Å². The Hall–Kier alpha value is -2.37. The molecule has 0 saturated heterocycles. The predicted octanol–water partition coefficient (Wildman–Crippen LogP) is 20.8. The molecule has 0 aliphatic rings. The van der Waals surface area contributed by atoms with Crippen molar-refractivity contribution in [1.82, 2.24) is 0 Å². The molecule has 6 nitrogen and oxygen atoms in total. The Bertz CT molecular complexity index is 1170. The lowest BCUT2D eigenvalue weighted by Gasteiger charge is -2.18. The number of carbonyl (C=O) groups excluding carboxylic acids is 3. The SMILES string of the molecule is CCCCCCC/C=C\C/C=C\C/C=C\CCCCCCCCCCCCCCCCCCCCC(=O)OCC(COC(=O)CCCCCCCCCCC)OC(=O)CCCCCCCCCCCC. The maximum absolute atomic E-state index is 12.8. The number of ether oxygens (including phenoxy) is 3. The summed E-state index contributed by atoms with van der Waals surface area (Å²) in [6.45, 7) is 6.63. The van der Waals surface area contributed by atoms with E-state index in [0.717, 1.165) is 70.6 Å². The van der Waals surface area contributed by atoms with Crippen LogP contribution >= 0.6 is 0 Å². The first-order valence-corrected chi connectivity index (χ1v) is 31.0. The maximum Gasteiger partial charge on any atom is 0.306 e. The first-order valence-electron chi connectivity index (χ1n) is 31.0. The Morgan fingerprint density at radius 1 is 0.286 bits per heavy atom. The van der Waals surface area contributed by atoms with Gasteiger partial charge in [0.15, 0.2) is 6.10 Å². The molecule has 0 saturated carbocycles. The van der Waals surface area contributed by atoms with Gasteiger partial charge in [0.2, 0.25) is 0 Å². The zero-order valence-corrected chi connectivity index (χ0v) is 47.1. The predicted molar refractivity (Wildman–Crippen MR) is 302 cm³/mol. The molecule has 0 radical (unpaired) electrons. The van der Waals surface area contributed by atoms with Crippen molar-refractivity contribution in [3.63, 3.8) is 0 Å². The molecule has 0 aromatic heterocycles. The number of hydrogen-bond donors (Lipinski definition) is 0. The summed E-state index contributed by atoms with van der Waals surface area (Å²) in [4.78, 5) is 37.9. The van der Waals surface area contributed by atoms with E-state index in [-0.39, 0.29) is 31.1 Å². The van der Waals surface area contributed by atoms with E-state index >= 15 is 0 Å². The quantitative estimate of drug-likeness (QED) is 0.0261. The van der Waals surface area contributed by atoms with Gasteiger partial charge in [0.25, 0.3) is 0 Å². The molecule has 0 aliphatic heterocycles. The first-order chi connectivity index (χ1) is 34.5. The highest BCUT2D eigenvalue weighted by atomic mass is 16.6. The fourth-order valence-corrected chi connectivity index (χ4v) is 9.22. The van der Waals surface area contributed by atoms with E-state index in [1.54, 1.807) is 0 Å². The molecule has 1 unspecified atom stereocenters. The van der Waals surface area contributed by atoms with Crippen LogP contribution in [0.3, 0.4) is 0 Å². The van der Waals surface area contributed by atoms with Gasteiger partial charge in [-0.1, -0.05) is 295 Å². The average Bonchev–Trinajstić information content (AvgIpc) is 3.36. The van der Waals surface area contributed by atoms with Gasteiger partial charge in [-0.3, -0.25) is 14.4 Å². The molecule has 0 bridgehead atoms. The number of allylic oxidation sites excluding steroid dienone is 6. The molecule has 0 fully saturated rings. The molecule has 0 amide bonds. The van der Waals surface area contributed by atoms with Gasteiger partial charge < -0.3 is 14.2 Å². The van der Waals surface area contributed by atoms with Crippen molar-refractivity contribution < 1.29 is 28.6 Å². The van der Waals surface area contributed by atoms with Crippen LogP contribution in [0.5, 0.6) is 0 Å².